The lowest BCUT2D eigenvalue weighted by Gasteiger charge is -2.08. The van der Waals surface area contributed by atoms with E-state index in [1.54, 1.807) is 0 Å². The number of alkyl halides is 3. The minimum absolute atomic E-state index is 0.0522. The van der Waals surface area contributed by atoms with Gasteiger partial charge in [0.15, 0.2) is 0 Å². The van der Waals surface area contributed by atoms with Gasteiger partial charge in [-0.05, 0) is 12.3 Å². The number of Topliss-reactive ketones (excluding diaryl/α,β-unsaturated/α-hetero) is 1. The van der Waals surface area contributed by atoms with Crippen LogP contribution in [0.1, 0.15) is 46.0 Å². The summed E-state index contributed by atoms with van der Waals surface area (Å²) in [6, 6.07) is 0. The second-order valence-corrected chi connectivity index (χ2v) is 3.72. The molecule has 14 heavy (non-hydrogen) atoms. The van der Waals surface area contributed by atoms with Gasteiger partial charge in [0.2, 0.25) is 0 Å². The zero-order valence-corrected chi connectivity index (χ0v) is 8.66. The van der Waals surface area contributed by atoms with Gasteiger partial charge in [-0.25, -0.2) is 0 Å². The summed E-state index contributed by atoms with van der Waals surface area (Å²) in [7, 11) is 0. The number of hydrogen-bond donors (Lipinski definition) is 0. The lowest BCUT2D eigenvalue weighted by molar-refractivity contribution is -0.137. The first kappa shape index (κ1) is 13.5. The predicted octanol–water partition coefficient (Wildman–Crippen LogP) is 3.72. The zero-order valence-electron chi connectivity index (χ0n) is 8.66. The van der Waals surface area contributed by atoms with Crippen molar-refractivity contribution < 1.29 is 18.0 Å². The van der Waals surface area contributed by atoms with Crippen LogP contribution in [0.4, 0.5) is 13.2 Å². The van der Waals surface area contributed by atoms with E-state index in [-0.39, 0.29) is 24.5 Å². The standard InChI is InChI=1S/C10H17F3O/c1-3-8(2)7-9(14)5-4-6-10(11,12)13/h8H,3-7H2,1-2H3. The van der Waals surface area contributed by atoms with Gasteiger partial charge in [-0.3, -0.25) is 4.79 Å². The van der Waals surface area contributed by atoms with Crippen LogP contribution in [-0.4, -0.2) is 12.0 Å². The Kier molecular flexibility index (Phi) is 5.81. The van der Waals surface area contributed by atoms with Crippen molar-refractivity contribution >= 4 is 5.78 Å². The van der Waals surface area contributed by atoms with E-state index in [0.29, 0.717) is 6.42 Å². The van der Waals surface area contributed by atoms with E-state index in [1.165, 1.54) is 0 Å². The highest BCUT2D eigenvalue weighted by atomic mass is 19.4. The van der Waals surface area contributed by atoms with E-state index in [1.807, 2.05) is 13.8 Å². The molecule has 0 aromatic carbocycles. The van der Waals surface area contributed by atoms with Crippen LogP contribution in [0, 0.1) is 5.92 Å². The molecule has 0 spiro atoms. The molecule has 0 aliphatic carbocycles. The van der Waals surface area contributed by atoms with E-state index in [4.69, 9.17) is 0 Å². The molecule has 0 amide bonds. The van der Waals surface area contributed by atoms with Gasteiger partial charge in [0.1, 0.15) is 5.78 Å². The first-order chi connectivity index (χ1) is 6.35. The molecule has 0 fully saturated rings. The van der Waals surface area contributed by atoms with Gasteiger partial charge in [-0.1, -0.05) is 20.3 Å². The van der Waals surface area contributed by atoms with E-state index >= 15 is 0 Å². The number of rotatable bonds is 6. The molecular weight excluding hydrogens is 193 g/mol. The van der Waals surface area contributed by atoms with E-state index in [0.717, 1.165) is 6.42 Å². The Morgan fingerprint density at radius 3 is 2.36 bits per heavy atom. The smallest absolute Gasteiger partial charge is 0.300 e. The van der Waals surface area contributed by atoms with Crippen molar-refractivity contribution in [2.75, 3.05) is 0 Å². The van der Waals surface area contributed by atoms with Gasteiger partial charge >= 0.3 is 6.18 Å². The highest BCUT2D eigenvalue weighted by Crippen LogP contribution is 2.22. The normalized spacial score (nSPS) is 14.1. The highest BCUT2D eigenvalue weighted by molar-refractivity contribution is 5.78. The lowest BCUT2D eigenvalue weighted by Crippen LogP contribution is -2.09. The molecule has 0 N–H and O–H groups in total. The summed E-state index contributed by atoms with van der Waals surface area (Å²) < 4.78 is 35.2. The van der Waals surface area contributed by atoms with Gasteiger partial charge in [0.25, 0.3) is 0 Å². The van der Waals surface area contributed by atoms with Crippen LogP contribution >= 0.6 is 0 Å². The summed E-state index contributed by atoms with van der Waals surface area (Å²) in [5.74, 6) is 0.233. The molecular formula is C10H17F3O. The maximum Gasteiger partial charge on any atom is 0.389 e. The molecule has 84 valence electrons. The van der Waals surface area contributed by atoms with Crippen LogP contribution < -0.4 is 0 Å². The van der Waals surface area contributed by atoms with Gasteiger partial charge in [-0.15, -0.1) is 0 Å². The molecule has 0 radical (unpaired) electrons. The van der Waals surface area contributed by atoms with Crippen LogP contribution in [0.25, 0.3) is 0 Å². The second-order valence-electron chi connectivity index (χ2n) is 3.72. The molecule has 0 rings (SSSR count). The summed E-state index contributed by atoms with van der Waals surface area (Å²) >= 11 is 0. The van der Waals surface area contributed by atoms with Crippen molar-refractivity contribution in [1.82, 2.24) is 0 Å². The monoisotopic (exact) mass is 210 g/mol. The Balaban J connectivity index is 3.55. The van der Waals surface area contributed by atoms with E-state index < -0.39 is 12.6 Å². The second kappa shape index (κ2) is 6.04. The Bertz CT molecular complexity index is 175. The van der Waals surface area contributed by atoms with Crippen molar-refractivity contribution in [2.45, 2.75) is 52.1 Å². The molecule has 4 heteroatoms. The fraction of sp³-hybridized carbons (Fsp3) is 0.900. The first-order valence-electron chi connectivity index (χ1n) is 4.93. The number of hydrogen-bond acceptors (Lipinski definition) is 1. The Morgan fingerprint density at radius 1 is 1.36 bits per heavy atom. The first-order valence-corrected chi connectivity index (χ1v) is 4.93. The third-order valence-electron chi connectivity index (χ3n) is 2.19. The number of carbonyl (C=O) groups excluding carboxylic acids is 1. The molecule has 0 bridgehead atoms. The summed E-state index contributed by atoms with van der Waals surface area (Å²) in [6.07, 6.45) is -3.68. The van der Waals surface area contributed by atoms with Gasteiger partial charge in [0, 0.05) is 19.3 Å². The number of ketones is 1. The van der Waals surface area contributed by atoms with Gasteiger partial charge in [-0.2, -0.15) is 13.2 Å². The van der Waals surface area contributed by atoms with Gasteiger partial charge in [0.05, 0.1) is 0 Å². The maximum absolute atomic E-state index is 11.7. The molecule has 1 atom stereocenters. The fourth-order valence-corrected chi connectivity index (χ4v) is 1.12. The Labute approximate surface area is 82.7 Å². The molecule has 0 aliphatic rings. The number of carbonyl (C=O) groups is 1. The number of halogens is 3. The van der Waals surface area contributed by atoms with Crippen molar-refractivity contribution in [3.63, 3.8) is 0 Å². The minimum atomic E-state index is -4.13. The molecule has 1 unspecified atom stereocenters. The average Bonchev–Trinajstić information content (AvgIpc) is 2.01. The maximum atomic E-state index is 11.7. The zero-order chi connectivity index (χ0) is 11.2. The Morgan fingerprint density at radius 2 is 1.93 bits per heavy atom. The average molecular weight is 210 g/mol. The molecule has 0 aromatic rings. The van der Waals surface area contributed by atoms with Crippen LogP contribution in [-0.2, 0) is 4.79 Å². The molecule has 0 saturated heterocycles. The van der Waals surface area contributed by atoms with Crippen molar-refractivity contribution in [3.05, 3.63) is 0 Å². The SMILES string of the molecule is CCC(C)CC(=O)CCCC(F)(F)F. The van der Waals surface area contributed by atoms with Crippen LogP contribution in [0.15, 0.2) is 0 Å². The largest absolute Gasteiger partial charge is 0.389 e. The summed E-state index contributed by atoms with van der Waals surface area (Å²) in [5, 5.41) is 0. The Hall–Kier alpha value is -0.540. The summed E-state index contributed by atoms with van der Waals surface area (Å²) in [5.41, 5.74) is 0. The predicted molar refractivity (Wildman–Crippen MR) is 49.0 cm³/mol. The summed E-state index contributed by atoms with van der Waals surface area (Å²) in [4.78, 5) is 11.1. The van der Waals surface area contributed by atoms with Crippen LogP contribution in [0.5, 0.6) is 0 Å². The highest BCUT2D eigenvalue weighted by Gasteiger charge is 2.26. The lowest BCUT2D eigenvalue weighted by atomic mass is 9.99. The molecule has 0 aromatic heterocycles. The molecule has 0 saturated carbocycles. The van der Waals surface area contributed by atoms with E-state index in [9.17, 15) is 18.0 Å². The van der Waals surface area contributed by atoms with Crippen molar-refractivity contribution in [3.8, 4) is 0 Å². The fourth-order valence-electron chi connectivity index (χ4n) is 1.12. The third kappa shape index (κ3) is 8.08. The molecule has 0 aliphatic heterocycles. The van der Waals surface area contributed by atoms with Crippen molar-refractivity contribution in [2.24, 2.45) is 5.92 Å². The van der Waals surface area contributed by atoms with Gasteiger partial charge < -0.3 is 0 Å². The summed E-state index contributed by atoms with van der Waals surface area (Å²) in [6.45, 7) is 3.90. The van der Waals surface area contributed by atoms with Crippen LogP contribution in [0.3, 0.4) is 0 Å². The molecule has 1 nitrogen and oxygen atoms in total. The van der Waals surface area contributed by atoms with E-state index in [2.05, 4.69) is 0 Å². The quantitative estimate of drug-likeness (QED) is 0.653. The topological polar surface area (TPSA) is 17.1 Å². The molecule has 0 heterocycles. The third-order valence-corrected chi connectivity index (χ3v) is 2.19. The minimum Gasteiger partial charge on any atom is -0.300 e. The van der Waals surface area contributed by atoms with Crippen molar-refractivity contribution in [1.29, 1.82) is 0 Å². The van der Waals surface area contributed by atoms with Crippen LogP contribution in [0.2, 0.25) is 0 Å².